The van der Waals surface area contributed by atoms with Crippen molar-refractivity contribution in [3.63, 3.8) is 0 Å². The third kappa shape index (κ3) is 2.87. The second-order valence-electron chi connectivity index (χ2n) is 5.56. The molecule has 0 aromatic carbocycles. The van der Waals surface area contributed by atoms with Crippen molar-refractivity contribution < 1.29 is 9.21 Å². The van der Waals surface area contributed by atoms with Gasteiger partial charge in [0.05, 0.1) is 0 Å². The van der Waals surface area contributed by atoms with Gasteiger partial charge in [0, 0.05) is 31.1 Å². The minimum Gasteiger partial charge on any atom is -0.459 e. The van der Waals surface area contributed by atoms with Gasteiger partial charge in [0.25, 0.3) is 5.91 Å². The van der Waals surface area contributed by atoms with Gasteiger partial charge in [-0.25, -0.2) is 4.98 Å². The van der Waals surface area contributed by atoms with Crippen LogP contribution in [0.1, 0.15) is 23.2 Å². The Hall–Kier alpha value is -1.66. The molecule has 6 heteroatoms. The van der Waals surface area contributed by atoms with Gasteiger partial charge in [-0.15, -0.1) is 11.3 Å². The van der Waals surface area contributed by atoms with Crippen molar-refractivity contribution in [2.75, 3.05) is 26.7 Å². The monoisotopic (exact) mass is 305 g/mol. The molecule has 0 aliphatic carbocycles. The third-order valence-corrected chi connectivity index (χ3v) is 4.62. The fourth-order valence-electron chi connectivity index (χ4n) is 2.62. The first-order valence-electron chi connectivity index (χ1n) is 7.06. The lowest BCUT2D eigenvalue weighted by atomic mass is 10.2. The van der Waals surface area contributed by atoms with Crippen LogP contribution in [0.25, 0.3) is 10.8 Å². The SMILES string of the molecule is Cc1ccc(-c2nc(C(=O)N3CCN(C)C[C@@H]3C)cs2)o1. The highest BCUT2D eigenvalue weighted by Crippen LogP contribution is 2.26. The summed E-state index contributed by atoms with van der Waals surface area (Å²) in [5, 5.41) is 2.58. The molecular formula is C15H19N3O2S. The number of nitrogens with zero attached hydrogens (tertiary/aromatic N) is 3. The number of carbonyl (C=O) groups excluding carboxylic acids is 1. The fourth-order valence-corrected chi connectivity index (χ4v) is 3.38. The number of amides is 1. The van der Waals surface area contributed by atoms with Gasteiger partial charge in [0.15, 0.2) is 10.8 Å². The molecule has 112 valence electrons. The number of carbonyl (C=O) groups is 1. The van der Waals surface area contributed by atoms with Gasteiger partial charge in [0.1, 0.15) is 11.5 Å². The van der Waals surface area contributed by atoms with Crippen molar-refractivity contribution in [3.8, 4) is 10.8 Å². The van der Waals surface area contributed by atoms with Crippen molar-refractivity contribution >= 4 is 17.2 Å². The Kier molecular flexibility index (Phi) is 3.82. The van der Waals surface area contributed by atoms with Crippen LogP contribution in [0.4, 0.5) is 0 Å². The topological polar surface area (TPSA) is 49.6 Å². The van der Waals surface area contributed by atoms with Crippen LogP contribution in [0.15, 0.2) is 21.9 Å². The predicted octanol–water partition coefficient (Wildman–Crippen LogP) is 2.49. The number of rotatable bonds is 2. The Bertz CT molecular complexity index is 649. The standard InChI is InChI=1S/C15H19N3O2S/c1-10-8-17(3)6-7-18(10)15(19)12-9-21-14(16-12)13-5-4-11(2)20-13/h4-5,9-10H,6-8H2,1-3H3/t10-/m0/s1. The van der Waals surface area contributed by atoms with E-state index in [0.29, 0.717) is 5.69 Å². The number of furan rings is 1. The van der Waals surface area contributed by atoms with Gasteiger partial charge < -0.3 is 14.2 Å². The van der Waals surface area contributed by atoms with E-state index in [0.717, 1.165) is 36.2 Å². The Morgan fingerprint density at radius 1 is 1.43 bits per heavy atom. The Morgan fingerprint density at radius 3 is 2.90 bits per heavy atom. The summed E-state index contributed by atoms with van der Waals surface area (Å²) in [4.78, 5) is 21.2. The number of hydrogen-bond donors (Lipinski definition) is 0. The second kappa shape index (κ2) is 5.61. The van der Waals surface area contributed by atoms with Crippen LogP contribution < -0.4 is 0 Å². The van der Waals surface area contributed by atoms with Crippen molar-refractivity contribution in [3.05, 3.63) is 29.0 Å². The number of aromatic nitrogens is 1. The summed E-state index contributed by atoms with van der Waals surface area (Å²) in [6.45, 7) is 6.54. The summed E-state index contributed by atoms with van der Waals surface area (Å²) < 4.78 is 5.56. The smallest absolute Gasteiger partial charge is 0.273 e. The van der Waals surface area contributed by atoms with E-state index in [2.05, 4.69) is 23.9 Å². The molecule has 0 radical (unpaired) electrons. The lowest BCUT2D eigenvalue weighted by Gasteiger charge is -2.37. The molecule has 0 spiro atoms. The molecule has 1 saturated heterocycles. The van der Waals surface area contributed by atoms with Crippen molar-refractivity contribution in [2.24, 2.45) is 0 Å². The number of hydrogen-bond acceptors (Lipinski definition) is 5. The molecule has 0 bridgehead atoms. The van der Waals surface area contributed by atoms with Crippen molar-refractivity contribution in [1.82, 2.24) is 14.8 Å². The summed E-state index contributed by atoms with van der Waals surface area (Å²) in [6.07, 6.45) is 0. The van der Waals surface area contributed by atoms with E-state index in [-0.39, 0.29) is 11.9 Å². The minimum absolute atomic E-state index is 0.0152. The lowest BCUT2D eigenvalue weighted by Crippen LogP contribution is -2.52. The zero-order valence-corrected chi connectivity index (χ0v) is 13.3. The molecule has 1 aliphatic rings. The maximum atomic E-state index is 12.6. The van der Waals surface area contributed by atoms with Crippen LogP contribution in [-0.2, 0) is 0 Å². The zero-order valence-electron chi connectivity index (χ0n) is 12.5. The summed E-state index contributed by atoms with van der Waals surface area (Å²) in [6, 6.07) is 4.01. The van der Waals surface area contributed by atoms with Gasteiger partial charge in [-0.2, -0.15) is 0 Å². The first-order valence-corrected chi connectivity index (χ1v) is 7.94. The van der Waals surface area contributed by atoms with E-state index in [1.807, 2.05) is 29.3 Å². The van der Waals surface area contributed by atoms with Crippen molar-refractivity contribution in [2.45, 2.75) is 19.9 Å². The molecule has 1 amide bonds. The average Bonchev–Trinajstić information content (AvgIpc) is 3.06. The molecule has 1 fully saturated rings. The summed E-state index contributed by atoms with van der Waals surface area (Å²) in [5.41, 5.74) is 0.514. The van der Waals surface area contributed by atoms with E-state index in [9.17, 15) is 4.79 Å². The molecule has 2 aromatic heterocycles. The molecule has 3 rings (SSSR count). The Morgan fingerprint density at radius 2 is 2.24 bits per heavy atom. The number of thiazole rings is 1. The molecular weight excluding hydrogens is 286 g/mol. The highest BCUT2D eigenvalue weighted by atomic mass is 32.1. The molecule has 21 heavy (non-hydrogen) atoms. The largest absolute Gasteiger partial charge is 0.459 e. The van der Waals surface area contributed by atoms with Gasteiger partial charge in [-0.05, 0) is 33.0 Å². The van der Waals surface area contributed by atoms with Crippen LogP contribution in [-0.4, -0.2) is 53.4 Å². The molecule has 1 atom stereocenters. The minimum atomic E-state index is 0.0152. The molecule has 0 N–H and O–H groups in total. The van der Waals surface area contributed by atoms with Crippen LogP contribution >= 0.6 is 11.3 Å². The molecule has 5 nitrogen and oxygen atoms in total. The predicted molar refractivity (Wildman–Crippen MR) is 82.5 cm³/mol. The highest BCUT2D eigenvalue weighted by Gasteiger charge is 2.28. The van der Waals surface area contributed by atoms with E-state index in [1.54, 1.807) is 0 Å². The second-order valence-corrected chi connectivity index (χ2v) is 6.42. The van der Waals surface area contributed by atoms with Gasteiger partial charge in [-0.3, -0.25) is 4.79 Å². The van der Waals surface area contributed by atoms with E-state index in [1.165, 1.54) is 11.3 Å². The van der Waals surface area contributed by atoms with Crippen molar-refractivity contribution in [1.29, 1.82) is 0 Å². The summed E-state index contributed by atoms with van der Waals surface area (Å²) >= 11 is 1.45. The summed E-state index contributed by atoms with van der Waals surface area (Å²) in [7, 11) is 2.08. The molecule has 1 aliphatic heterocycles. The van der Waals surface area contributed by atoms with Crippen LogP contribution in [0.2, 0.25) is 0 Å². The molecule has 0 saturated carbocycles. The quantitative estimate of drug-likeness (QED) is 0.855. The van der Waals surface area contributed by atoms with E-state index < -0.39 is 0 Å². The number of aryl methyl sites for hydroxylation is 1. The maximum absolute atomic E-state index is 12.6. The molecule has 2 aromatic rings. The van der Waals surface area contributed by atoms with Gasteiger partial charge >= 0.3 is 0 Å². The summed E-state index contributed by atoms with van der Waals surface area (Å²) in [5.74, 6) is 1.59. The van der Waals surface area contributed by atoms with Gasteiger partial charge in [-0.1, -0.05) is 0 Å². The normalized spacial score (nSPS) is 20.0. The number of piperazine rings is 1. The average molecular weight is 305 g/mol. The van der Waals surface area contributed by atoms with Crippen LogP contribution in [0.3, 0.4) is 0 Å². The zero-order chi connectivity index (χ0) is 15.0. The van der Waals surface area contributed by atoms with Crippen LogP contribution in [0.5, 0.6) is 0 Å². The van der Waals surface area contributed by atoms with Gasteiger partial charge in [0.2, 0.25) is 0 Å². The fraction of sp³-hybridized carbons (Fsp3) is 0.467. The van der Waals surface area contributed by atoms with Crippen LogP contribution in [0, 0.1) is 6.92 Å². The third-order valence-electron chi connectivity index (χ3n) is 3.77. The lowest BCUT2D eigenvalue weighted by molar-refractivity contribution is 0.0528. The maximum Gasteiger partial charge on any atom is 0.273 e. The Labute approximate surface area is 128 Å². The highest BCUT2D eigenvalue weighted by molar-refractivity contribution is 7.13. The Balaban J connectivity index is 1.78. The molecule has 0 unspecified atom stereocenters. The first kappa shape index (κ1) is 14.3. The van der Waals surface area contributed by atoms with E-state index in [4.69, 9.17) is 4.42 Å². The van der Waals surface area contributed by atoms with E-state index >= 15 is 0 Å². The first-order chi connectivity index (χ1) is 10.0. The molecule has 3 heterocycles. The number of likely N-dealkylation sites (N-methyl/N-ethyl adjacent to an activating group) is 1.